The van der Waals surface area contributed by atoms with Crippen LogP contribution in [0.1, 0.15) is 97.8 Å². The van der Waals surface area contributed by atoms with E-state index in [1.807, 2.05) is 54.4 Å². The Morgan fingerprint density at radius 3 is 2.05 bits per heavy atom. The van der Waals surface area contributed by atoms with E-state index in [4.69, 9.17) is 41.6 Å². The monoisotopic (exact) mass is 1220 g/mol. The fourth-order valence-electron chi connectivity index (χ4n) is 11.3. The predicted molar refractivity (Wildman–Crippen MR) is 325 cm³/mol. The molecule has 3 aromatic carbocycles. The van der Waals surface area contributed by atoms with Crippen LogP contribution >= 0.6 is 11.6 Å². The number of esters is 1. The normalized spacial score (nSPS) is 15.0. The van der Waals surface area contributed by atoms with Crippen molar-refractivity contribution in [3.63, 3.8) is 0 Å². The number of anilines is 3. The van der Waals surface area contributed by atoms with Crippen molar-refractivity contribution in [1.29, 1.82) is 0 Å². The fourth-order valence-corrected chi connectivity index (χ4v) is 11.6. The van der Waals surface area contributed by atoms with Crippen LogP contribution in [0, 0.1) is 0 Å². The molecule has 0 saturated carbocycles. The number of likely N-dealkylation sites (tertiary alicyclic amines) is 2. The van der Waals surface area contributed by atoms with Crippen molar-refractivity contribution < 1.29 is 52.5 Å². The zero-order valence-corrected chi connectivity index (χ0v) is 50.1. The minimum Gasteiger partial charge on any atom is -0.468 e. The SMILES string of the molecule is COC(=O)CNC(=O)CNC(=O)Cn1nc(C2CCN(C(=O)CCC(=O)NCCOCCOCCOCCC(=O)N3CCC(c4ccc(Nc5nc(N6CCCCC6)cnc5C(N)=O)cc4)CC3)CC2)c2c(-c3cc4c(cnn4C)cc3Cl)cccc21. The lowest BCUT2D eigenvalue weighted by molar-refractivity contribution is -0.141. The molecule has 6 amide bonds. The topological polar surface area (TPSA) is 302 Å². The number of ether oxygens (including phenoxy) is 4. The van der Waals surface area contributed by atoms with Gasteiger partial charge in [0.2, 0.25) is 29.5 Å². The zero-order chi connectivity index (χ0) is 61.2. The number of piperidine rings is 3. The van der Waals surface area contributed by atoms with Crippen LogP contribution < -0.4 is 31.9 Å². The quantitative estimate of drug-likeness (QED) is 0.0328. The molecular weight excluding hydrogens is 1140 g/mol. The van der Waals surface area contributed by atoms with E-state index in [-0.39, 0.29) is 75.0 Å². The van der Waals surface area contributed by atoms with Crippen LogP contribution in [-0.4, -0.2) is 186 Å². The van der Waals surface area contributed by atoms with Crippen molar-refractivity contribution in [2.75, 3.05) is 116 Å². The van der Waals surface area contributed by atoms with Gasteiger partial charge < -0.3 is 60.6 Å². The third kappa shape index (κ3) is 17.0. The Kier molecular flexibility index (Phi) is 22.5. The maximum absolute atomic E-state index is 13.4. The number of halogens is 1. The minimum absolute atomic E-state index is 0.0332. The second-order valence-electron chi connectivity index (χ2n) is 21.9. The lowest BCUT2D eigenvalue weighted by Crippen LogP contribution is -2.40. The summed E-state index contributed by atoms with van der Waals surface area (Å²) in [6, 6.07) is 17.7. The van der Waals surface area contributed by atoms with Gasteiger partial charge in [0.25, 0.3) is 5.91 Å². The van der Waals surface area contributed by atoms with E-state index in [2.05, 4.69) is 53.1 Å². The van der Waals surface area contributed by atoms with Gasteiger partial charge in [-0.3, -0.25) is 42.9 Å². The van der Waals surface area contributed by atoms with Gasteiger partial charge in [0.1, 0.15) is 18.9 Å². The zero-order valence-electron chi connectivity index (χ0n) is 49.4. The standard InChI is InChI=1S/C61H77ClN14O11/c1-72-49-34-46(47(62)33-43(49)35-68-72)45-7-6-8-48-57(45)58(71-76(48)39-53(79)65-37-52(78)66-38-56(82)84-2)42-17-25-74(26-18-42)54(80)14-13-51(77)64-20-28-86-30-32-87-31-29-85-27-19-55(81)75-23-15-41(16-24-75)40-9-11-44(12-10-40)69-61-59(60(63)83)67-36-50(70-61)73-21-4-3-5-22-73/h6-12,33-36,41-42H,3-5,13-32,37-39H2,1-2H3,(H2,63,83)(H,64,77)(H,65,79)(H,66,78)(H,69,70). The summed E-state index contributed by atoms with van der Waals surface area (Å²) in [6.45, 7) is 5.37. The van der Waals surface area contributed by atoms with Gasteiger partial charge in [-0.05, 0) is 92.3 Å². The number of nitrogens with two attached hydrogens (primary N) is 1. The molecule has 0 aliphatic carbocycles. The number of fused-ring (bicyclic) bond motifs is 2. The van der Waals surface area contributed by atoms with Crippen molar-refractivity contribution in [1.82, 2.24) is 55.3 Å². The third-order valence-electron chi connectivity index (χ3n) is 16.1. The molecule has 26 heteroatoms. The summed E-state index contributed by atoms with van der Waals surface area (Å²) < 4.78 is 24.9. The number of aromatic nitrogens is 6. The van der Waals surface area contributed by atoms with Crippen LogP contribution in [0.4, 0.5) is 17.3 Å². The van der Waals surface area contributed by atoms with E-state index in [1.54, 1.807) is 26.7 Å². The first-order valence-corrected chi connectivity index (χ1v) is 30.2. The summed E-state index contributed by atoms with van der Waals surface area (Å²) in [5.74, 6) is -1.29. The second kappa shape index (κ2) is 30.9. The molecule has 6 N–H and O–H groups in total. The molecule has 0 bridgehead atoms. The Bertz CT molecular complexity index is 3390. The number of nitrogens with one attached hydrogen (secondary N) is 4. The molecule has 3 saturated heterocycles. The average Bonchev–Trinajstić information content (AvgIpc) is 2.04. The number of benzene rings is 3. The summed E-state index contributed by atoms with van der Waals surface area (Å²) in [5.41, 5.74) is 11.6. The number of rotatable bonds is 28. The molecule has 464 valence electrons. The number of hydrogen-bond acceptors (Lipinski definition) is 17. The van der Waals surface area contributed by atoms with Gasteiger partial charge >= 0.3 is 5.97 Å². The number of amides is 6. The summed E-state index contributed by atoms with van der Waals surface area (Å²) in [7, 11) is 3.07. The number of nitrogens with zero attached hydrogens (tertiary/aromatic N) is 9. The molecular formula is C61H77ClN14O11. The molecule has 0 spiro atoms. The van der Waals surface area contributed by atoms with Gasteiger partial charge in [-0.15, -0.1) is 0 Å². The second-order valence-corrected chi connectivity index (χ2v) is 22.3. The largest absolute Gasteiger partial charge is 0.468 e. The molecule has 25 nitrogen and oxygen atoms in total. The van der Waals surface area contributed by atoms with E-state index >= 15 is 0 Å². The van der Waals surface area contributed by atoms with E-state index in [0.717, 1.165) is 83.4 Å². The van der Waals surface area contributed by atoms with Crippen LogP contribution in [0.15, 0.2) is 67.0 Å². The lowest BCUT2D eigenvalue weighted by atomic mass is 9.89. The Morgan fingerprint density at radius 2 is 1.34 bits per heavy atom. The van der Waals surface area contributed by atoms with Gasteiger partial charge in [0.15, 0.2) is 11.5 Å². The maximum atomic E-state index is 13.4. The van der Waals surface area contributed by atoms with E-state index in [0.29, 0.717) is 101 Å². The van der Waals surface area contributed by atoms with Gasteiger partial charge in [-0.1, -0.05) is 35.9 Å². The Balaban J connectivity index is 0.627. The Morgan fingerprint density at radius 1 is 0.678 bits per heavy atom. The first kappa shape index (κ1) is 63.2. The van der Waals surface area contributed by atoms with Crippen molar-refractivity contribution in [3.05, 3.63) is 89.0 Å². The number of carbonyl (C=O) groups is 7. The highest BCUT2D eigenvalue weighted by molar-refractivity contribution is 6.34. The average molecular weight is 1220 g/mol. The number of carbonyl (C=O) groups excluding carboxylic acids is 7. The predicted octanol–water partition coefficient (Wildman–Crippen LogP) is 4.72. The van der Waals surface area contributed by atoms with Crippen LogP contribution in [0.3, 0.4) is 0 Å². The van der Waals surface area contributed by atoms with Crippen LogP contribution in [0.5, 0.6) is 0 Å². The Labute approximate surface area is 509 Å². The maximum Gasteiger partial charge on any atom is 0.325 e. The molecule has 6 aromatic rings. The van der Waals surface area contributed by atoms with E-state index in [1.165, 1.54) is 19.1 Å². The molecule has 6 heterocycles. The highest BCUT2D eigenvalue weighted by Crippen LogP contribution is 2.42. The molecule has 3 aromatic heterocycles. The summed E-state index contributed by atoms with van der Waals surface area (Å²) in [4.78, 5) is 103. The molecule has 87 heavy (non-hydrogen) atoms. The molecule has 3 fully saturated rings. The van der Waals surface area contributed by atoms with Gasteiger partial charge in [0, 0.05) is 98.7 Å². The highest BCUT2D eigenvalue weighted by Gasteiger charge is 2.30. The van der Waals surface area contributed by atoms with Crippen LogP contribution in [0.2, 0.25) is 5.02 Å². The van der Waals surface area contributed by atoms with Gasteiger partial charge in [-0.2, -0.15) is 10.2 Å². The molecule has 9 rings (SSSR count). The molecule has 0 radical (unpaired) electrons. The summed E-state index contributed by atoms with van der Waals surface area (Å²) in [5, 5.41) is 22.7. The number of hydrogen-bond donors (Lipinski definition) is 5. The van der Waals surface area contributed by atoms with Gasteiger partial charge in [0.05, 0.1) is 88.8 Å². The molecule has 3 aliphatic rings. The molecule has 0 atom stereocenters. The smallest absolute Gasteiger partial charge is 0.325 e. The van der Waals surface area contributed by atoms with E-state index < -0.39 is 23.7 Å². The summed E-state index contributed by atoms with van der Waals surface area (Å²) >= 11 is 6.95. The first-order chi connectivity index (χ1) is 42.2. The number of methoxy groups -OCH3 is 1. The van der Waals surface area contributed by atoms with Crippen LogP contribution in [-0.2, 0) is 61.3 Å². The highest BCUT2D eigenvalue weighted by atomic mass is 35.5. The van der Waals surface area contributed by atoms with Crippen molar-refractivity contribution in [2.45, 2.75) is 82.6 Å². The van der Waals surface area contributed by atoms with E-state index in [9.17, 15) is 33.6 Å². The van der Waals surface area contributed by atoms with Crippen molar-refractivity contribution in [2.24, 2.45) is 12.8 Å². The lowest BCUT2D eigenvalue weighted by Gasteiger charge is -2.32. The third-order valence-corrected chi connectivity index (χ3v) is 16.4. The first-order valence-electron chi connectivity index (χ1n) is 29.8. The van der Waals surface area contributed by atoms with Crippen molar-refractivity contribution >= 4 is 92.1 Å². The molecule has 3 aliphatic heterocycles. The Hall–Kier alpha value is -8.26. The number of aryl methyl sites for hydroxylation is 1. The van der Waals surface area contributed by atoms with Crippen LogP contribution in [0.25, 0.3) is 32.9 Å². The van der Waals surface area contributed by atoms with Gasteiger partial charge in [-0.25, -0.2) is 9.97 Å². The number of primary amides is 1. The molecule has 0 unspecified atom stereocenters. The van der Waals surface area contributed by atoms with Crippen molar-refractivity contribution in [3.8, 4) is 11.1 Å². The summed E-state index contributed by atoms with van der Waals surface area (Å²) in [6.07, 6.45) is 10.0. The fraction of sp³-hybridized carbons (Fsp3) is 0.492. The minimum atomic E-state index is -0.643.